The molecule has 23 heavy (non-hydrogen) atoms. The molecule has 7 nitrogen and oxygen atoms in total. The number of carbonyl (C=O) groups is 2. The molecule has 0 saturated heterocycles. The molecule has 0 aliphatic heterocycles. The summed E-state index contributed by atoms with van der Waals surface area (Å²) in [5.74, 6) is -2.66. The summed E-state index contributed by atoms with van der Waals surface area (Å²) in [6, 6.07) is 4.26. The maximum atomic E-state index is 13.4. The number of anilines is 1. The van der Waals surface area contributed by atoms with Crippen molar-refractivity contribution in [3.63, 3.8) is 0 Å². The zero-order valence-electron chi connectivity index (χ0n) is 11.8. The number of hydrogen-bond acceptors (Lipinski definition) is 5. The number of benzene rings is 1. The lowest BCUT2D eigenvalue weighted by molar-refractivity contribution is -0.120. The molecule has 9 heteroatoms. The van der Waals surface area contributed by atoms with Crippen LogP contribution in [-0.4, -0.2) is 28.3 Å². The summed E-state index contributed by atoms with van der Waals surface area (Å²) in [4.78, 5) is 30.9. The van der Waals surface area contributed by atoms with Crippen LogP contribution in [0.1, 0.15) is 16.8 Å². The maximum Gasteiger partial charge on any atom is 0.254 e. The van der Waals surface area contributed by atoms with Gasteiger partial charge in [0.15, 0.2) is 0 Å². The van der Waals surface area contributed by atoms with Crippen molar-refractivity contribution in [1.29, 1.82) is 0 Å². The normalized spacial score (nSPS) is 10.0. The van der Waals surface area contributed by atoms with Crippen molar-refractivity contribution >= 4 is 17.8 Å². The predicted molar refractivity (Wildman–Crippen MR) is 77.1 cm³/mol. The molecule has 0 radical (unpaired) electrons. The number of nitrogens with zero attached hydrogens (tertiary/aromatic N) is 2. The van der Waals surface area contributed by atoms with Crippen molar-refractivity contribution in [2.24, 2.45) is 0 Å². The van der Waals surface area contributed by atoms with Crippen LogP contribution in [0.4, 0.5) is 14.7 Å². The van der Waals surface area contributed by atoms with E-state index >= 15 is 0 Å². The number of amides is 2. The lowest BCUT2D eigenvalue weighted by Crippen LogP contribution is -2.34. The average Bonchev–Trinajstić information content (AvgIpc) is 2.53. The van der Waals surface area contributed by atoms with E-state index in [9.17, 15) is 18.4 Å². The van der Waals surface area contributed by atoms with E-state index in [1.807, 2.05) is 0 Å². The van der Waals surface area contributed by atoms with Crippen LogP contribution in [0.2, 0.25) is 0 Å². The van der Waals surface area contributed by atoms with Gasteiger partial charge in [-0.25, -0.2) is 18.7 Å². The molecule has 0 fully saturated rings. The van der Waals surface area contributed by atoms with Crippen LogP contribution < -0.4 is 16.2 Å². The van der Waals surface area contributed by atoms with Crippen LogP contribution in [0.3, 0.4) is 0 Å². The SMILES string of the molecule is O=C(CCNC(=O)c1ccc(F)cc1F)NNc1ncccn1. The fourth-order valence-corrected chi connectivity index (χ4v) is 1.61. The third kappa shape index (κ3) is 4.99. The first-order valence-corrected chi connectivity index (χ1v) is 6.61. The van der Waals surface area contributed by atoms with Crippen molar-refractivity contribution in [3.05, 3.63) is 53.9 Å². The fourth-order valence-electron chi connectivity index (χ4n) is 1.61. The van der Waals surface area contributed by atoms with Gasteiger partial charge in [0.25, 0.3) is 5.91 Å². The molecule has 3 N–H and O–H groups in total. The Morgan fingerprint density at radius 2 is 1.87 bits per heavy atom. The number of carbonyl (C=O) groups excluding carboxylic acids is 2. The van der Waals surface area contributed by atoms with E-state index < -0.39 is 23.4 Å². The first-order chi connectivity index (χ1) is 11.1. The Kier molecular flexibility index (Phi) is 5.50. The molecule has 0 unspecified atom stereocenters. The van der Waals surface area contributed by atoms with Gasteiger partial charge in [0.05, 0.1) is 5.56 Å². The maximum absolute atomic E-state index is 13.4. The molecule has 1 aromatic carbocycles. The smallest absolute Gasteiger partial charge is 0.254 e. The number of hydrazine groups is 1. The van der Waals surface area contributed by atoms with Crippen LogP contribution >= 0.6 is 0 Å². The lowest BCUT2D eigenvalue weighted by Gasteiger charge is -2.08. The van der Waals surface area contributed by atoms with Gasteiger partial charge in [-0.3, -0.25) is 20.4 Å². The molecule has 2 amide bonds. The van der Waals surface area contributed by atoms with Crippen LogP contribution in [-0.2, 0) is 4.79 Å². The number of nitrogens with one attached hydrogen (secondary N) is 3. The Labute approximate surface area is 130 Å². The van der Waals surface area contributed by atoms with Crippen molar-refractivity contribution in [3.8, 4) is 0 Å². The molecular formula is C14H13F2N5O2. The number of hydrogen-bond donors (Lipinski definition) is 3. The van der Waals surface area contributed by atoms with E-state index in [0.29, 0.717) is 6.07 Å². The Balaban J connectivity index is 1.73. The van der Waals surface area contributed by atoms with Crippen LogP contribution in [0.15, 0.2) is 36.7 Å². The highest BCUT2D eigenvalue weighted by Crippen LogP contribution is 2.09. The van der Waals surface area contributed by atoms with E-state index in [0.717, 1.165) is 12.1 Å². The van der Waals surface area contributed by atoms with Gasteiger partial charge in [-0.05, 0) is 18.2 Å². The Bertz CT molecular complexity index is 697. The number of rotatable bonds is 6. The summed E-state index contributed by atoms with van der Waals surface area (Å²) < 4.78 is 26.1. The zero-order valence-corrected chi connectivity index (χ0v) is 11.8. The van der Waals surface area contributed by atoms with Gasteiger partial charge >= 0.3 is 0 Å². The van der Waals surface area contributed by atoms with Gasteiger partial charge in [-0.2, -0.15) is 0 Å². The third-order valence-electron chi connectivity index (χ3n) is 2.69. The highest BCUT2D eigenvalue weighted by Gasteiger charge is 2.12. The van der Waals surface area contributed by atoms with Gasteiger partial charge < -0.3 is 5.32 Å². The molecule has 0 aliphatic carbocycles. The van der Waals surface area contributed by atoms with Crippen molar-refractivity contribution in [1.82, 2.24) is 20.7 Å². The minimum Gasteiger partial charge on any atom is -0.351 e. The topological polar surface area (TPSA) is 96.0 Å². The molecule has 0 spiro atoms. The highest BCUT2D eigenvalue weighted by atomic mass is 19.1. The quantitative estimate of drug-likeness (QED) is 0.690. The van der Waals surface area contributed by atoms with Crippen molar-refractivity contribution in [2.75, 3.05) is 12.0 Å². The Hall–Kier alpha value is -3.10. The van der Waals surface area contributed by atoms with E-state index in [2.05, 4.69) is 26.1 Å². The summed E-state index contributed by atoms with van der Waals surface area (Å²) in [6.07, 6.45) is 2.95. The molecular weight excluding hydrogens is 308 g/mol. The molecule has 0 saturated carbocycles. The van der Waals surface area contributed by atoms with Gasteiger partial charge in [0, 0.05) is 31.4 Å². The lowest BCUT2D eigenvalue weighted by atomic mass is 10.2. The first-order valence-electron chi connectivity index (χ1n) is 6.61. The predicted octanol–water partition coefficient (Wildman–Crippen LogP) is 1.02. The molecule has 1 heterocycles. The van der Waals surface area contributed by atoms with Crippen molar-refractivity contribution in [2.45, 2.75) is 6.42 Å². The molecule has 2 aromatic rings. The molecule has 0 atom stereocenters. The first kappa shape index (κ1) is 16.3. The summed E-state index contributed by atoms with van der Waals surface area (Å²) in [5, 5.41) is 2.37. The Morgan fingerprint density at radius 3 is 2.57 bits per heavy atom. The summed E-state index contributed by atoms with van der Waals surface area (Å²) in [7, 11) is 0. The fraction of sp³-hybridized carbons (Fsp3) is 0.143. The van der Waals surface area contributed by atoms with E-state index in [1.54, 1.807) is 6.07 Å². The van der Waals surface area contributed by atoms with Crippen molar-refractivity contribution < 1.29 is 18.4 Å². The van der Waals surface area contributed by atoms with Gasteiger partial charge in [0.1, 0.15) is 11.6 Å². The van der Waals surface area contributed by atoms with Gasteiger partial charge in [-0.1, -0.05) is 0 Å². The highest BCUT2D eigenvalue weighted by molar-refractivity contribution is 5.94. The van der Waals surface area contributed by atoms with Crippen LogP contribution in [0, 0.1) is 11.6 Å². The van der Waals surface area contributed by atoms with E-state index in [1.165, 1.54) is 12.4 Å². The second-order valence-electron chi connectivity index (χ2n) is 4.38. The zero-order chi connectivity index (χ0) is 16.7. The molecule has 2 rings (SSSR count). The van der Waals surface area contributed by atoms with E-state index in [4.69, 9.17) is 0 Å². The summed E-state index contributed by atoms with van der Waals surface area (Å²) in [5.41, 5.74) is 4.55. The average molecular weight is 321 g/mol. The van der Waals surface area contributed by atoms with Crippen LogP contribution in [0.25, 0.3) is 0 Å². The van der Waals surface area contributed by atoms with E-state index in [-0.39, 0.29) is 24.5 Å². The molecule has 0 aliphatic rings. The second-order valence-corrected chi connectivity index (χ2v) is 4.38. The number of halogens is 2. The van der Waals surface area contributed by atoms with Crippen LogP contribution in [0.5, 0.6) is 0 Å². The minimum atomic E-state index is -0.963. The van der Waals surface area contributed by atoms with Gasteiger partial charge in [0.2, 0.25) is 11.9 Å². The standard InChI is InChI=1S/C14H13F2N5O2/c15-9-2-3-10(11(16)8-9)13(23)17-7-4-12(22)20-21-14-18-5-1-6-19-14/h1-3,5-6,8H,4,7H2,(H,17,23)(H,20,22)(H,18,19,21). The summed E-state index contributed by atoms with van der Waals surface area (Å²) >= 11 is 0. The second kappa shape index (κ2) is 7.78. The van der Waals surface area contributed by atoms with Gasteiger partial charge in [-0.15, -0.1) is 0 Å². The molecule has 1 aromatic heterocycles. The number of aromatic nitrogens is 2. The molecule has 120 valence electrons. The Morgan fingerprint density at radius 1 is 1.13 bits per heavy atom. The third-order valence-corrected chi connectivity index (χ3v) is 2.69. The monoisotopic (exact) mass is 321 g/mol. The summed E-state index contributed by atoms with van der Waals surface area (Å²) in [6.45, 7) is -0.0151. The minimum absolute atomic E-state index is 0.0151. The largest absolute Gasteiger partial charge is 0.351 e. The molecule has 0 bridgehead atoms.